The van der Waals surface area contributed by atoms with Crippen molar-refractivity contribution in [2.24, 2.45) is 5.92 Å². The second-order valence-electron chi connectivity index (χ2n) is 5.87. The molecule has 0 saturated heterocycles. The molecule has 2 rings (SSSR count). The van der Waals surface area contributed by atoms with Gasteiger partial charge in [-0.25, -0.2) is 0 Å². The van der Waals surface area contributed by atoms with Crippen LogP contribution in [0, 0.1) is 5.92 Å². The van der Waals surface area contributed by atoms with E-state index in [9.17, 15) is 0 Å². The van der Waals surface area contributed by atoms with E-state index in [-0.39, 0.29) is 0 Å². The van der Waals surface area contributed by atoms with Crippen molar-refractivity contribution in [3.8, 4) is 5.75 Å². The second kappa shape index (κ2) is 8.25. The van der Waals surface area contributed by atoms with Crippen molar-refractivity contribution >= 4 is 0 Å². The Morgan fingerprint density at radius 3 is 2.95 bits per heavy atom. The van der Waals surface area contributed by atoms with Gasteiger partial charge in [0.15, 0.2) is 0 Å². The highest BCUT2D eigenvalue weighted by molar-refractivity contribution is 5.30. The highest BCUT2D eigenvalue weighted by Gasteiger charge is 2.20. The first-order valence-corrected chi connectivity index (χ1v) is 8.12. The van der Waals surface area contributed by atoms with Crippen LogP contribution in [-0.4, -0.2) is 17.6 Å². The SMILES string of the molecule is CCCCC(CC)COc1ccncc1CNC1CC1. The Labute approximate surface area is 123 Å². The lowest BCUT2D eigenvalue weighted by Gasteiger charge is -2.17. The summed E-state index contributed by atoms with van der Waals surface area (Å²) in [6.07, 6.45) is 11.4. The smallest absolute Gasteiger partial charge is 0.126 e. The van der Waals surface area contributed by atoms with E-state index in [1.807, 2.05) is 18.5 Å². The van der Waals surface area contributed by atoms with Gasteiger partial charge in [0.1, 0.15) is 5.75 Å². The monoisotopic (exact) mass is 276 g/mol. The Morgan fingerprint density at radius 2 is 2.25 bits per heavy atom. The van der Waals surface area contributed by atoms with E-state index in [2.05, 4.69) is 24.1 Å². The maximum Gasteiger partial charge on any atom is 0.126 e. The summed E-state index contributed by atoms with van der Waals surface area (Å²) in [5.74, 6) is 1.68. The molecule has 1 saturated carbocycles. The number of nitrogens with zero attached hydrogens (tertiary/aromatic N) is 1. The van der Waals surface area contributed by atoms with Crippen molar-refractivity contribution in [1.82, 2.24) is 10.3 Å². The van der Waals surface area contributed by atoms with Crippen LogP contribution in [0.4, 0.5) is 0 Å². The standard InChI is InChI=1S/C17H28N2O/c1-3-5-6-14(4-2)13-20-17-9-10-18-11-15(17)12-19-16-7-8-16/h9-11,14,16,19H,3-8,12-13H2,1-2H3. The third-order valence-electron chi connectivity index (χ3n) is 4.04. The van der Waals surface area contributed by atoms with E-state index in [4.69, 9.17) is 4.74 Å². The summed E-state index contributed by atoms with van der Waals surface area (Å²) in [4.78, 5) is 4.22. The molecule has 1 N–H and O–H groups in total. The second-order valence-corrected chi connectivity index (χ2v) is 5.87. The van der Waals surface area contributed by atoms with E-state index in [0.717, 1.165) is 24.9 Å². The topological polar surface area (TPSA) is 34.1 Å². The highest BCUT2D eigenvalue weighted by atomic mass is 16.5. The molecule has 1 aliphatic carbocycles. The van der Waals surface area contributed by atoms with Gasteiger partial charge in [-0.3, -0.25) is 4.98 Å². The van der Waals surface area contributed by atoms with Gasteiger partial charge in [-0.05, 0) is 31.2 Å². The number of unbranched alkanes of at least 4 members (excludes halogenated alkanes) is 1. The predicted molar refractivity (Wildman–Crippen MR) is 82.9 cm³/mol. The number of nitrogens with one attached hydrogen (secondary N) is 1. The fourth-order valence-electron chi connectivity index (χ4n) is 2.34. The van der Waals surface area contributed by atoms with Gasteiger partial charge in [-0.15, -0.1) is 0 Å². The Bertz CT molecular complexity index is 390. The molecule has 20 heavy (non-hydrogen) atoms. The number of pyridine rings is 1. The molecule has 1 fully saturated rings. The minimum atomic E-state index is 0.673. The Balaban J connectivity index is 1.83. The summed E-state index contributed by atoms with van der Waals surface area (Å²) < 4.78 is 6.06. The molecule has 1 atom stereocenters. The van der Waals surface area contributed by atoms with Gasteiger partial charge in [-0.1, -0.05) is 33.1 Å². The normalized spacial score (nSPS) is 16.1. The first-order valence-electron chi connectivity index (χ1n) is 8.12. The van der Waals surface area contributed by atoms with Gasteiger partial charge in [0.2, 0.25) is 0 Å². The Kier molecular flexibility index (Phi) is 6.31. The van der Waals surface area contributed by atoms with Gasteiger partial charge >= 0.3 is 0 Å². The van der Waals surface area contributed by atoms with Crippen molar-refractivity contribution in [3.63, 3.8) is 0 Å². The number of aromatic nitrogens is 1. The van der Waals surface area contributed by atoms with Crippen molar-refractivity contribution in [2.75, 3.05) is 6.61 Å². The molecular weight excluding hydrogens is 248 g/mol. The Morgan fingerprint density at radius 1 is 1.40 bits per heavy atom. The molecule has 3 nitrogen and oxygen atoms in total. The van der Waals surface area contributed by atoms with Crippen LogP contribution in [-0.2, 0) is 6.54 Å². The van der Waals surface area contributed by atoms with Crippen LogP contribution < -0.4 is 10.1 Å². The summed E-state index contributed by atoms with van der Waals surface area (Å²) in [6, 6.07) is 2.71. The van der Waals surface area contributed by atoms with E-state index in [1.54, 1.807) is 0 Å². The number of rotatable bonds is 10. The highest BCUT2D eigenvalue weighted by Crippen LogP contribution is 2.23. The summed E-state index contributed by atoms with van der Waals surface area (Å²) in [7, 11) is 0. The number of ether oxygens (including phenoxy) is 1. The maximum atomic E-state index is 6.06. The van der Waals surface area contributed by atoms with E-state index < -0.39 is 0 Å². The van der Waals surface area contributed by atoms with Gasteiger partial charge in [-0.2, -0.15) is 0 Å². The maximum absolute atomic E-state index is 6.06. The Hall–Kier alpha value is -1.09. The predicted octanol–water partition coefficient (Wildman–Crippen LogP) is 3.93. The molecule has 0 bridgehead atoms. The minimum absolute atomic E-state index is 0.673. The van der Waals surface area contributed by atoms with Crippen LogP contribution in [0.3, 0.4) is 0 Å². The zero-order valence-corrected chi connectivity index (χ0v) is 12.9. The molecule has 3 heteroatoms. The molecule has 112 valence electrons. The average molecular weight is 276 g/mol. The fraction of sp³-hybridized carbons (Fsp3) is 0.706. The molecule has 1 aliphatic rings. The number of hydrogen-bond donors (Lipinski definition) is 1. The molecule has 0 aromatic carbocycles. The average Bonchev–Trinajstić information content (AvgIpc) is 3.30. The van der Waals surface area contributed by atoms with Gasteiger partial charge in [0, 0.05) is 30.5 Å². The van der Waals surface area contributed by atoms with Crippen LogP contribution in [0.1, 0.15) is 57.9 Å². The zero-order chi connectivity index (χ0) is 14.2. The number of hydrogen-bond acceptors (Lipinski definition) is 3. The van der Waals surface area contributed by atoms with Gasteiger partial charge < -0.3 is 10.1 Å². The summed E-state index contributed by atoms with van der Waals surface area (Å²) in [5.41, 5.74) is 1.18. The molecule has 0 radical (unpaired) electrons. The van der Waals surface area contributed by atoms with E-state index in [1.165, 1.54) is 44.1 Å². The van der Waals surface area contributed by atoms with Gasteiger partial charge in [0.25, 0.3) is 0 Å². The van der Waals surface area contributed by atoms with Crippen LogP contribution in [0.25, 0.3) is 0 Å². The summed E-state index contributed by atoms with van der Waals surface area (Å²) in [5, 5.41) is 3.53. The largest absolute Gasteiger partial charge is 0.493 e. The van der Waals surface area contributed by atoms with Crippen molar-refractivity contribution in [1.29, 1.82) is 0 Å². The lowest BCUT2D eigenvalue weighted by molar-refractivity contribution is 0.231. The fourth-order valence-corrected chi connectivity index (χ4v) is 2.34. The molecule has 1 unspecified atom stereocenters. The third kappa shape index (κ3) is 5.12. The van der Waals surface area contributed by atoms with Gasteiger partial charge in [0.05, 0.1) is 6.61 Å². The molecule has 1 aromatic heterocycles. The lowest BCUT2D eigenvalue weighted by Crippen LogP contribution is -2.17. The van der Waals surface area contributed by atoms with Crippen molar-refractivity contribution in [2.45, 2.75) is 65.0 Å². The lowest BCUT2D eigenvalue weighted by atomic mass is 10.0. The first kappa shape index (κ1) is 15.3. The van der Waals surface area contributed by atoms with Crippen molar-refractivity contribution in [3.05, 3.63) is 24.0 Å². The van der Waals surface area contributed by atoms with Crippen LogP contribution in [0.2, 0.25) is 0 Å². The molecule has 0 spiro atoms. The first-order chi connectivity index (χ1) is 9.83. The van der Waals surface area contributed by atoms with E-state index in [0.29, 0.717) is 5.92 Å². The van der Waals surface area contributed by atoms with Crippen LogP contribution >= 0.6 is 0 Å². The molecule has 1 heterocycles. The molecule has 1 aromatic rings. The molecular formula is C17H28N2O. The quantitative estimate of drug-likeness (QED) is 0.703. The molecule has 0 aliphatic heterocycles. The third-order valence-corrected chi connectivity index (χ3v) is 4.04. The van der Waals surface area contributed by atoms with E-state index >= 15 is 0 Å². The van der Waals surface area contributed by atoms with Crippen LogP contribution in [0.15, 0.2) is 18.5 Å². The summed E-state index contributed by atoms with van der Waals surface area (Å²) >= 11 is 0. The van der Waals surface area contributed by atoms with Crippen molar-refractivity contribution < 1.29 is 4.74 Å². The zero-order valence-electron chi connectivity index (χ0n) is 12.9. The molecule has 0 amide bonds. The summed E-state index contributed by atoms with van der Waals surface area (Å²) in [6.45, 7) is 6.21. The minimum Gasteiger partial charge on any atom is -0.493 e. The van der Waals surface area contributed by atoms with Crippen LogP contribution in [0.5, 0.6) is 5.75 Å².